The molecule has 5 heteroatoms. The molecule has 2 aromatic rings. The predicted octanol–water partition coefficient (Wildman–Crippen LogP) is 1.06. The van der Waals surface area contributed by atoms with Crippen LogP contribution < -0.4 is 5.32 Å². The lowest BCUT2D eigenvalue weighted by molar-refractivity contribution is -0.143. The van der Waals surface area contributed by atoms with Gasteiger partial charge in [0, 0.05) is 23.6 Å². The first-order chi connectivity index (χ1) is 9.65. The van der Waals surface area contributed by atoms with Crippen molar-refractivity contribution in [2.24, 2.45) is 0 Å². The number of nitrogens with zero attached hydrogens (tertiary/aromatic N) is 1. The lowest BCUT2D eigenvalue weighted by Crippen LogP contribution is -2.57. The largest absolute Gasteiger partial charge is 0.361 e. The minimum Gasteiger partial charge on any atom is -0.361 e. The zero-order chi connectivity index (χ0) is 14.1. The maximum absolute atomic E-state index is 12.0. The molecular formula is C15H17N3O2. The molecule has 1 aliphatic rings. The fraction of sp³-hybridized carbons (Fsp3) is 0.333. The lowest BCUT2D eigenvalue weighted by atomic mass is 10.1. The van der Waals surface area contributed by atoms with E-state index in [1.807, 2.05) is 24.4 Å². The van der Waals surface area contributed by atoms with Crippen LogP contribution in [-0.2, 0) is 16.0 Å². The predicted molar refractivity (Wildman–Crippen MR) is 76.2 cm³/mol. The number of amides is 2. The fourth-order valence-corrected chi connectivity index (χ4v) is 2.66. The van der Waals surface area contributed by atoms with Gasteiger partial charge in [-0.3, -0.25) is 9.59 Å². The maximum Gasteiger partial charge on any atom is 0.245 e. The van der Waals surface area contributed by atoms with E-state index in [2.05, 4.69) is 16.4 Å². The highest BCUT2D eigenvalue weighted by Gasteiger charge is 2.28. The molecular weight excluding hydrogens is 254 g/mol. The molecule has 0 spiro atoms. The van der Waals surface area contributed by atoms with Gasteiger partial charge in [0.1, 0.15) is 6.04 Å². The summed E-state index contributed by atoms with van der Waals surface area (Å²) in [5.41, 5.74) is 2.27. The third-order valence-corrected chi connectivity index (χ3v) is 3.72. The Morgan fingerprint density at radius 1 is 1.30 bits per heavy atom. The number of fused-ring (bicyclic) bond motifs is 1. The molecule has 1 fully saturated rings. The number of aromatic amines is 1. The summed E-state index contributed by atoms with van der Waals surface area (Å²) >= 11 is 0. The number of piperazine rings is 1. The first-order valence-corrected chi connectivity index (χ1v) is 6.78. The van der Waals surface area contributed by atoms with Crippen LogP contribution in [0.25, 0.3) is 10.9 Å². The molecule has 104 valence electrons. The summed E-state index contributed by atoms with van der Waals surface area (Å²) < 4.78 is 0. The first kappa shape index (κ1) is 12.7. The monoisotopic (exact) mass is 271 g/mol. The Bertz CT molecular complexity index is 662. The van der Waals surface area contributed by atoms with Crippen LogP contribution in [0.4, 0.5) is 0 Å². The Morgan fingerprint density at radius 3 is 2.95 bits per heavy atom. The van der Waals surface area contributed by atoms with E-state index in [4.69, 9.17) is 0 Å². The van der Waals surface area contributed by atoms with E-state index in [0.717, 1.165) is 11.9 Å². The third-order valence-electron chi connectivity index (χ3n) is 3.72. The number of para-hydroxylation sites is 1. The zero-order valence-electron chi connectivity index (χ0n) is 11.3. The number of carbonyl (C=O) groups is 2. The second kappa shape index (κ2) is 5.00. The highest BCUT2D eigenvalue weighted by atomic mass is 16.2. The lowest BCUT2D eigenvalue weighted by Gasteiger charge is -2.30. The van der Waals surface area contributed by atoms with Gasteiger partial charge < -0.3 is 15.2 Å². The van der Waals surface area contributed by atoms with Gasteiger partial charge in [-0.1, -0.05) is 18.2 Å². The fourth-order valence-electron chi connectivity index (χ4n) is 2.66. The van der Waals surface area contributed by atoms with Gasteiger partial charge in [-0.2, -0.15) is 0 Å². The average Bonchev–Trinajstić information content (AvgIpc) is 2.84. The summed E-state index contributed by atoms with van der Waals surface area (Å²) in [4.78, 5) is 28.3. The number of nitrogens with one attached hydrogen (secondary N) is 2. The van der Waals surface area contributed by atoms with E-state index in [-0.39, 0.29) is 18.4 Å². The van der Waals surface area contributed by atoms with Gasteiger partial charge in [0.05, 0.1) is 6.54 Å². The van der Waals surface area contributed by atoms with Crippen LogP contribution in [0.1, 0.15) is 12.5 Å². The molecule has 0 radical (unpaired) electrons. The van der Waals surface area contributed by atoms with Gasteiger partial charge in [0.15, 0.2) is 0 Å². The van der Waals surface area contributed by atoms with E-state index in [1.165, 1.54) is 10.9 Å². The van der Waals surface area contributed by atoms with Crippen LogP contribution >= 0.6 is 0 Å². The van der Waals surface area contributed by atoms with Crippen molar-refractivity contribution in [1.82, 2.24) is 15.2 Å². The summed E-state index contributed by atoms with van der Waals surface area (Å²) in [6, 6.07) is 7.66. The normalized spacial score (nSPS) is 19.4. The van der Waals surface area contributed by atoms with Crippen molar-refractivity contribution in [3.63, 3.8) is 0 Å². The Labute approximate surface area is 117 Å². The van der Waals surface area contributed by atoms with E-state index >= 15 is 0 Å². The van der Waals surface area contributed by atoms with Crippen molar-refractivity contribution >= 4 is 22.7 Å². The van der Waals surface area contributed by atoms with Gasteiger partial charge in [0.2, 0.25) is 11.8 Å². The molecule has 20 heavy (non-hydrogen) atoms. The van der Waals surface area contributed by atoms with Crippen LogP contribution in [0, 0.1) is 0 Å². The third kappa shape index (κ3) is 2.27. The summed E-state index contributed by atoms with van der Waals surface area (Å²) in [7, 11) is 0. The van der Waals surface area contributed by atoms with Crippen molar-refractivity contribution in [3.8, 4) is 0 Å². The van der Waals surface area contributed by atoms with Crippen molar-refractivity contribution in [2.75, 3.05) is 13.1 Å². The Kier molecular flexibility index (Phi) is 3.18. The van der Waals surface area contributed by atoms with Gasteiger partial charge in [-0.05, 0) is 25.0 Å². The van der Waals surface area contributed by atoms with E-state index in [0.29, 0.717) is 6.54 Å². The standard InChI is InChI=1S/C15H17N3O2/c1-10-15(20)18(9-14(19)17-10)7-6-11-8-16-13-5-3-2-4-12(11)13/h2-5,8,10,16H,6-7,9H2,1H3,(H,17,19)/t10-/m0/s1. The van der Waals surface area contributed by atoms with Gasteiger partial charge in [0.25, 0.3) is 0 Å². The molecule has 2 N–H and O–H groups in total. The molecule has 5 nitrogen and oxygen atoms in total. The Hall–Kier alpha value is -2.30. The highest BCUT2D eigenvalue weighted by molar-refractivity contribution is 5.94. The number of rotatable bonds is 3. The summed E-state index contributed by atoms with van der Waals surface area (Å²) in [6.45, 7) is 2.45. The molecule has 2 amide bonds. The van der Waals surface area contributed by atoms with E-state index < -0.39 is 6.04 Å². The number of carbonyl (C=O) groups excluding carboxylic acids is 2. The number of benzene rings is 1. The van der Waals surface area contributed by atoms with Crippen molar-refractivity contribution in [1.29, 1.82) is 0 Å². The number of hydrogen-bond acceptors (Lipinski definition) is 2. The maximum atomic E-state index is 12.0. The molecule has 1 aromatic carbocycles. The first-order valence-electron chi connectivity index (χ1n) is 6.78. The van der Waals surface area contributed by atoms with Crippen molar-refractivity contribution in [2.45, 2.75) is 19.4 Å². The van der Waals surface area contributed by atoms with Gasteiger partial charge >= 0.3 is 0 Å². The van der Waals surface area contributed by atoms with Gasteiger partial charge in [-0.25, -0.2) is 0 Å². The quantitative estimate of drug-likeness (QED) is 0.876. The minimum atomic E-state index is -0.417. The molecule has 1 atom stereocenters. The second-order valence-corrected chi connectivity index (χ2v) is 5.16. The smallest absolute Gasteiger partial charge is 0.245 e. The van der Waals surface area contributed by atoms with Crippen LogP contribution in [0.15, 0.2) is 30.5 Å². The summed E-state index contributed by atoms with van der Waals surface area (Å²) in [6.07, 6.45) is 2.72. The van der Waals surface area contributed by atoms with E-state index in [9.17, 15) is 9.59 Å². The van der Waals surface area contributed by atoms with Crippen molar-refractivity contribution < 1.29 is 9.59 Å². The molecule has 0 bridgehead atoms. The SMILES string of the molecule is C[C@@H]1NC(=O)CN(CCc2c[nH]c3ccccc23)C1=O. The molecule has 0 aliphatic carbocycles. The van der Waals surface area contributed by atoms with E-state index in [1.54, 1.807) is 11.8 Å². The molecule has 1 aromatic heterocycles. The summed E-state index contributed by atoms with van der Waals surface area (Å²) in [5.74, 6) is -0.0968. The van der Waals surface area contributed by atoms with Crippen LogP contribution in [0.5, 0.6) is 0 Å². The van der Waals surface area contributed by atoms with Crippen LogP contribution in [0.2, 0.25) is 0 Å². The topological polar surface area (TPSA) is 65.2 Å². The number of aromatic nitrogens is 1. The average molecular weight is 271 g/mol. The molecule has 3 rings (SSSR count). The van der Waals surface area contributed by atoms with Crippen LogP contribution in [0.3, 0.4) is 0 Å². The van der Waals surface area contributed by atoms with Crippen molar-refractivity contribution in [3.05, 3.63) is 36.0 Å². The molecule has 1 aliphatic heterocycles. The molecule has 0 saturated carbocycles. The summed E-state index contributed by atoms with van der Waals surface area (Å²) in [5, 5.41) is 3.82. The zero-order valence-corrected chi connectivity index (χ0v) is 11.3. The van der Waals surface area contributed by atoms with Crippen LogP contribution in [-0.4, -0.2) is 40.8 Å². The minimum absolute atomic E-state index is 0.00978. The molecule has 2 heterocycles. The number of H-pyrrole nitrogens is 1. The Balaban J connectivity index is 1.73. The molecule has 0 unspecified atom stereocenters. The highest BCUT2D eigenvalue weighted by Crippen LogP contribution is 2.18. The number of hydrogen-bond donors (Lipinski definition) is 2. The molecule has 1 saturated heterocycles. The Morgan fingerprint density at radius 2 is 2.10 bits per heavy atom. The van der Waals surface area contributed by atoms with Gasteiger partial charge in [-0.15, -0.1) is 0 Å². The second-order valence-electron chi connectivity index (χ2n) is 5.16.